The average Bonchev–Trinajstić information content (AvgIpc) is 2.82. The van der Waals surface area contributed by atoms with Gasteiger partial charge in [-0.1, -0.05) is 0 Å². The van der Waals surface area contributed by atoms with E-state index < -0.39 is 5.97 Å². The molecule has 7 heteroatoms. The van der Waals surface area contributed by atoms with Gasteiger partial charge < -0.3 is 10.4 Å². The first-order valence-electron chi connectivity index (χ1n) is 5.05. The van der Waals surface area contributed by atoms with Gasteiger partial charge in [-0.15, -0.1) is 0 Å². The summed E-state index contributed by atoms with van der Waals surface area (Å²) in [5.41, 5.74) is 0.819. The molecule has 0 aromatic carbocycles. The molecule has 0 atom stereocenters. The van der Waals surface area contributed by atoms with Crippen LogP contribution in [0.15, 0.2) is 18.5 Å². The van der Waals surface area contributed by atoms with Crippen LogP contribution in [0.5, 0.6) is 0 Å². The summed E-state index contributed by atoms with van der Waals surface area (Å²) in [6.07, 6.45) is 3.15. The van der Waals surface area contributed by atoms with Crippen LogP contribution in [0.3, 0.4) is 0 Å². The van der Waals surface area contributed by atoms with E-state index in [-0.39, 0.29) is 5.56 Å². The Balaban J connectivity index is 2.13. The number of nitrogens with zero attached hydrogens (tertiary/aromatic N) is 4. The largest absolute Gasteiger partial charge is 0.478 e. The van der Waals surface area contributed by atoms with E-state index in [1.54, 1.807) is 16.4 Å². The molecule has 17 heavy (non-hydrogen) atoms. The Morgan fingerprint density at radius 1 is 1.53 bits per heavy atom. The molecule has 0 saturated heterocycles. The highest BCUT2D eigenvalue weighted by atomic mass is 16.4. The van der Waals surface area contributed by atoms with Gasteiger partial charge in [0.25, 0.3) is 0 Å². The molecule has 2 N–H and O–H groups in total. The second-order valence-electron chi connectivity index (χ2n) is 3.66. The first kappa shape index (κ1) is 11.2. The van der Waals surface area contributed by atoms with E-state index in [4.69, 9.17) is 5.11 Å². The molecule has 0 unspecified atom stereocenters. The van der Waals surface area contributed by atoms with Crippen LogP contribution in [-0.4, -0.2) is 30.6 Å². The van der Waals surface area contributed by atoms with Crippen molar-refractivity contribution in [2.24, 2.45) is 14.1 Å². The monoisotopic (exact) mass is 235 g/mol. The van der Waals surface area contributed by atoms with Crippen LogP contribution >= 0.6 is 0 Å². The summed E-state index contributed by atoms with van der Waals surface area (Å²) in [7, 11) is 3.53. The van der Waals surface area contributed by atoms with Gasteiger partial charge in [0.1, 0.15) is 11.4 Å². The molecule has 90 valence electrons. The standard InChI is InChI=1S/C10H13N5O2/c1-14-4-3-9(13-14)11-6-8-7(10(16)17)5-12-15(8)2/h3-5H,6H2,1-2H3,(H,11,13)(H,16,17). The zero-order chi connectivity index (χ0) is 12.4. The lowest BCUT2D eigenvalue weighted by molar-refractivity contribution is 0.0695. The highest BCUT2D eigenvalue weighted by Crippen LogP contribution is 2.10. The first-order chi connectivity index (χ1) is 8.08. The Hall–Kier alpha value is -2.31. The minimum Gasteiger partial charge on any atom is -0.478 e. The number of aromatic nitrogens is 4. The zero-order valence-corrected chi connectivity index (χ0v) is 9.58. The Bertz CT molecular complexity index is 543. The fraction of sp³-hybridized carbons (Fsp3) is 0.300. The van der Waals surface area contributed by atoms with Crippen LogP contribution in [-0.2, 0) is 20.6 Å². The number of aryl methyl sites for hydroxylation is 2. The summed E-state index contributed by atoms with van der Waals surface area (Å²) in [6.45, 7) is 0.370. The molecule has 0 amide bonds. The van der Waals surface area contributed by atoms with E-state index in [1.807, 2.05) is 19.3 Å². The summed E-state index contributed by atoms with van der Waals surface area (Å²) >= 11 is 0. The SMILES string of the molecule is Cn1ccc(NCc2c(C(=O)O)cnn2C)n1. The predicted molar refractivity (Wildman–Crippen MR) is 60.7 cm³/mol. The Kier molecular flexibility index (Phi) is 2.82. The molecule has 7 nitrogen and oxygen atoms in total. The van der Waals surface area contributed by atoms with Gasteiger partial charge in [0, 0.05) is 26.4 Å². The summed E-state index contributed by atoms with van der Waals surface area (Å²) in [5.74, 6) is -0.277. The van der Waals surface area contributed by atoms with Crippen LogP contribution < -0.4 is 5.32 Å². The van der Waals surface area contributed by atoms with E-state index in [2.05, 4.69) is 15.5 Å². The maximum Gasteiger partial charge on any atom is 0.339 e. The van der Waals surface area contributed by atoms with Crippen LogP contribution in [0, 0.1) is 0 Å². The normalized spacial score (nSPS) is 10.5. The van der Waals surface area contributed by atoms with Gasteiger partial charge >= 0.3 is 5.97 Å². The van der Waals surface area contributed by atoms with E-state index in [0.29, 0.717) is 18.1 Å². The van der Waals surface area contributed by atoms with Crippen LogP contribution in [0.2, 0.25) is 0 Å². The van der Waals surface area contributed by atoms with Crippen molar-refractivity contribution in [2.45, 2.75) is 6.54 Å². The molecular weight excluding hydrogens is 222 g/mol. The number of carboxylic acid groups (broad SMARTS) is 1. The van der Waals surface area contributed by atoms with E-state index in [1.165, 1.54) is 6.20 Å². The number of rotatable bonds is 4. The number of hydrogen-bond acceptors (Lipinski definition) is 4. The maximum absolute atomic E-state index is 10.9. The minimum absolute atomic E-state index is 0.205. The molecule has 2 heterocycles. The van der Waals surface area contributed by atoms with Crippen molar-refractivity contribution in [2.75, 3.05) is 5.32 Å². The number of hydrogen-bond donors (Lipinski definition) is 2. The molecule has 0 aliphatic rings. The van der Waals surface area contributed by atoms with E-state index in [0.717, 1.165) is 0 Å². The highest BCUT2D eigenvalue weighted by Gasteiger charge is 2.14. The van der Waals surface area contributed by atoms with Crippen molar-refractivity contribution < 1.29 is 9.90 Å². The van der Waals surface area contributed by atoms with Gasteiger partial charge in [0.15, 0.2) is 0 Å². The quantitative estimate of drug-likeness (QED) is 0.804. The molecular formula is C10H13N5O2. The molecule has 0 aliphatic heterocycles. The number of anilines is 1. The van der Waals surface area contributed by atoms with Crippen molar-refractivity contribution in [1.29, 1.82) is 0 Å². The molecule has 0 aliphatic carbocycles. The molecule has 0 radical (unpaired) electrons. The summed E-state index contributed by atoms with van der Waals surface area (Å²) < 4.78 is 3.21. The lowest BCUT2D eigenvalue weighted by Gasteiger charge is -2.05. The Morgan fingerprint density at radius 2 is 2.29 bits per heavy atom. The lowest BCUT2D eigenvalue weighted by Crippen LogP contribution is -2.10. The van der Waals surface area contributed by atoms with Gasteiger partial charge in [-0.2, -0.15) is 10.2 Å². The highest BCUT2D eigenvalue weighted by molar-refractivity contribution is 5.88. The van der Waals surface area contributed by atoms with Crippen molar-refractivity contribution in [3.8, 4) is 0 Å². The fourth-order valence-electron chi connectivity index (χ4n) is 1.53. The van der Waals surface area contributed by atoms with Crippen LogP contribution in [0.1, 0.15) is 16.1 Å². The molecule has 0 fully saturated rings. The zero-order valence-electron chi connectivity index (χ0n) is 9.58. The van der Waals surface area contributed by atoms with E-state index >= 15 is 0 Å². The number of nitrogens with one attached hydrogen (secondary N) is 1. The molecule has 2 rings (SSSR count). The van der Waals surface area contributed by atoms with E-state index in [9.17, 15) is 4.79 Å². The van der Waals surface area contributed by atoms with Gasteiger partial charge in [-0.3, -0.25) is 9.36 Å². The average molecular weight is 235 g/mol. The van der Waals surface area contributed by atoms with Crippen LogP contribution in [0.4, 0.5) is 5.82 Å². The summed E-state index contributed by atoms with van der Waals surface area (Å²) in [4.78, 5) is 10.9. The van der Waals surface area contributed by atoms with Crippen molar-refractivity contribution in [3.05, 3.63) is 29.7 Å². The minimum atomic E-state index is -0.976. The van der Waals surface area contributed by atoms with Gasteiger partial charge in [0.05, 0.1) is 18.4 Å². The lowest BCUT2D eigenvalue weighted by atomic mass is 10.2. The third-order valence-electron chi connectivity index (χ3n) is 2.44. The Labute approximate surface area is 97.7 Å². The molecule has 0 spiro atoms. The molecule has 0 bridgehead atoms. The number of carbonyl (C=O) groups is 1. The van der Waals surface area contributed by atoms with Crippen LogP contribution in [0.25, 0.3) is 0 Å². The maximum atomic E-state index is 10.9. The van der Waals surface area contributed by atoms with Crippen molar-refractivity contribution >= 4 is 11.8 Å². The van der Waals surface area contributed by atoms with Gasteiger partial charge in [-0.05, 0) is 0 Å². The number of carboxylic acids is 1. The van der Waals surface area contributed by atoms with Gasteiger partial charge in [0.2, 0.25) is 0 Å². The third kappa shape index (κ3) is 2.27. The van der Waals surface area contributed by atoms with Crippen molar-refractivity contribution in [3.63, 3.8) is 0 Å². The summed E-state index contributed by atoms with van der Waals surface area (Å²) in [5, 5.41) is 20.1. The summed E-state index contributed by atoms with van der Waals surface area (Å²) in [6, 6.07) is 1.82. The predicted octanol–water partition coefficient (Wildman–Crippen LogP) is 0.464. The molecule has 2 aromatic heterocycles. The topological polar surface area (TPSA) is 85.0 Å². The molecule has 0 saturated carbocycles. The fourth-order valence-corrected chi connectivity index (χ4v) is 1.53. The second kappa shape index (κ2) is 4.28. The van der Waals surface area contributed by atoms with Crippen molar-refractivity contribution in [1.82, 2.24) is 19.6 Å². The smallest absolute Gasteiger partial charge is 0.339 e. The number of aromatic carboxylic acids is 1. The Morgan fingerprint density at radius 3 is 2.88 bits per heavy atom. The third-order valence-corrected chi connectivity index (χ3v) is 2.44. The first-order valence-corrected chi connectivity index (χ1v) is 5.05. The molecule has 2 aromatic rings. The second-order valence-corrected chi connectivity index (χ2v) is 3.66. The van der Waals surface area contributed by atoms with Gasteiger partial charge in [-0.25, -0.2) is 4.79 Å².